The zero-order chi connectivity index (χ0) is 19.1. The number of hydrogen-bond acceptors (Lipinski definition) is 2. The van der Waals surface area contributed by atoms with Crippen LogP contribution < -0.4 is 16.0 Å². The molecule has 0 heterocycles. The molecule has 0 aliphatic heterocycles. The number of fused-ring (bicyclic) bond motifs is 1. The molecule has 1 amide bonds. The molecule has 0 aromatic heterocycles. The molecule has 27 heavy (non-hydrogen) atoms. The van der Waals surface area contributed by atoms with Gasteiger partial charge in [0, 0.05) is 25.6 Å². The van der Waals surface area contributed by atoms with Gasteiger partial charge in [0.25, 0.3) is 0 Å². The Morgan fingerprint density at radius 3 is 2.74 bits per heavy atom. The van der Waals surface area contributed by atoms with E-state index in [0.29, 0.717) is 19.0 Å². The second-order valence-electron chi connectivity index (χ2n) is 7.14. The Morgan fingerprint density at radius 1 is 1.19 bits per heavy atom. The average molecular weight is 367 g/mol. The number of carbonyl (C=O) groups is 1. The van der Waals surface area contributed by atoms with E-state index in [0.717, 1.165) is 31.8 Å². The molecule has 3 N–H and O–H groups in total. The Labute approximate surface area is 161 Å². The summed E-state index contributed by atoms with van der Waals surface area (Å²) in [7, 11) is 0. The molecule has 0 radical (unpaired) electrons. The molecular formula is C22H30N4O. The number of nitrogens with one attached hydrogen (secondary N) is 3. The molecule has 0 spiro atoms. The number of amides is 1. The smallest absolute Gasteiger partial charge is 0.220 e. The molecule has 0 bridgehead atoms. The lowest BCUT2D eigenvalue weighted by molar-refractivity contribution is -0.121. The van der Waals surface area contributed by atoms with E-state index in [4.69, 9.17) is 0 Å². The van der Waals surface area contributed by atoms with E-state index >= 15 is 0 Å². The first-order valence-electron chi connectivity index (χ1n) is 9.99. The summed E-state index contributed by atoms with van der Waals surface area (Å²) in [4.78, 5) is 16.4. The van der Waals surface area contributed by atoms with E-state index < -0.39 is 0 Å². The van der Waals surface area contributed by atoms with Crippen molar-refractivity contribution in [3.05, 3.63) is 48.0 Å². The Morgan fingerprint density at radius 2 is 1.96 bits per heavy atom. The van der Waals surface area contributed by atoms with Gasteiger partial charge in [-0.05, 0) is 49.4 Å². The number of benzene rings is 2. The Kier molecular flexibility index (Phi) is 6.69. The molecule has 1 aliphatic carbocycles. The molecular weight excluding hydrogens is 336 g/mol. The third-order valence-corrected chi connectivity index (χ3v) is 4.76. The molecule has 5 nitrogen and oxygen atoms in total. The molecule has 2 aromatic carbocycles. The quantitative estimate of drug-likeness (QED) is 0.380. The maximum atomic E-state index is 11.8. The summed E-state index contributed by atoms with van der Waals surface area (Å²) in [6.07, 6.45) is 3.56. The monoisotopic (exact) mass is 366 g/mol. The third-order valence-electron chi connectivity index (χ3n) is 4.76. The summed E-state index contributed by atoms with van der Waals surface area (Å²) >= 11 is 0. The van der Waals surface area contributed by atoms with E-state index in [-0.39, 0.29) is 11.9 Å². The Bertz CT molecular complexity index is 793. The standard InChI is InChI=1S/C22H30N4O/c1-3-23-22(24-15-7-12-21(27)26-18-13-14-18)25-16(2)19-11-6-9-17-8-4-5-10-20(17)19/h4-6,8-11,16,18H,3,7,12-15H2,1-2H3,(H,26,27)(H2,23,24,25). The average Bonchev–Trinajstić information content (AvgIpc) is 3.48. The number of rotatable bonds is 8. The van der Waals surface area contributed by atoms with E-state index in [2.05, 4.69) is 77.3 Å². The van der Waals surface area contributed by atoms with E-state index in [1.54, 1.807) is 0 Å². The van der Waals surface area contributed by atoms with Crippen molar-refractivity contribution < 1.29 is 4.79 Å². The van der Waals surface area contributed by atoms with E-state index in [1.807, 2.05) is 0 Å². The molecule has 1 unspecified atom stereocenters. The van der Waals surface area contributed by atoms with Crippen LogP contribution in [0.3, 0.4) is 0 Å². The first-order valence-corrected chi connectivity index (χ1v) is 9.99. The zero-order valence-corrected chi connectivity index (χ0v) is 16.3. The molecule has 3 rings (SSSR count). The normalized spacial score (nSPS) is 15.4. The highest BCUT2D eigenvalue weighted by atomic mass is 16.1. The van der Waals surface area contributed by atoms with Gasteiger partial charge in [-0.2, -0.15) is 0 Å². The first kappa shape index (κ1) is 19.2. The summed E-state index contributed by atoms with van der Waals surface area (Å²) in [6.45, 7) is 5.65. The maximum Gasteiger partial charge on any atom is 0.220 e. The number of carbonyl (C=O) groups excluding carboxylic acids is 1. The van der Waals surface area contributed by atoms with Gasteiger partial charge < -0.3 is 16.0 Å². The van der Waals surface area contributed by atoms with Gasteiger partial charge >= 0.3 is 0 Å². The van der Waals surface area contributed by atoms with Gasteiger partial charge in [0.2, 0.25) is 5.91 Å². The van der Waals surface area contributed by atoms with Crippen LogP contribution in [0.15, 0.2) is 47.5 Å². The van der Waals surface area contributed by atoms with Crippen molar-refractivity contribution in [3.8, 4) is 0 Å². The summed E-state index contributed by atoms with van der Waals surface area (Å²) < 4.78 is 0. The van der Waals surface area contributed by atoms with E-state index in [9.17, 15) is 4.79 Å². The summed E-state index contributed by atoms with van der Waals surface area (Å²) in [6, 6.07) is 15.4. The Hall–Kier alpha value is -2.56. The van der Waals surface area contributed by atoms with Crippen LogP contribution in [-0.2, 0) is 4.79 Å². The van der Waals surface area contributed by atoms with Gasteiger partial charge in [-0.15, -0.1) is 0 Å². The van der Waals surface area contributed by atoms with Gasteiger partial charge in [-0.1, -0.05) is 42.5 Å². The van der Waals surface area contributed by atoms with Crippen LogP contribution in [0.25, 0.3) is 10.8 Å². The molecule has 1 atom stereocenters. The molecule has 5 heteroatoms. The van der Waals surface area contributed by atoms with Crippen LogP contribution in [0, 0.1) is 0 Å². The highest BCUT2D eigenvalue weighted by Crippen LogP contribution is 2.24. The molecule has 144 valence electrons. The molecule has 1 aliphatic rings. The van der Waals surface area contributed by atoms with Crippen LogP contribution in [0.1, 0.15) is 51.1 Å². The summed E-state index contributed by atoms with van der Waals surface area (Å²) in [5, 5.41) is 12.3. The molecule has 1 fully saturated rings. The van der Waals surface area contributed by atoms with Gasteiger partial charge in [-0.25, -0.2) is 0 Å². The molecule has 0 saturated heterocycles. The fourth-order valence-corrected chi connectivity index (χ4v) is 3.19. The van der Waals surface area contributed by atoms with Crippen LogP contribution in [0.5, 0.6) is 0 Å². The zero-order valence-electron chi connectivity index (χ0n) is 16.3. The fourth-order valence-electron chi connectivity index (χ4n) is 3.19. The second kappa shape index (κ2) is 9.40. The Balaban J connectivity index is 1.58. The third kappa shape index (κ3) is 5.71. The predicted octanol–water partition coefficient (Wildman–Crippen LogP) is 3.51. The number of hydrogen-bond donors (Lipinski definition) is 3. The summed E-state index contributed by atoms with van der Waals surface area (Å²) in [5.41, 5.74) is 1.25. The van der Waals surface area contributed by atoms with Crippen LogP contribution in [-0.4, -0.2) is 31.0 Å². The van der Waals surface area contributed by atoms with Crippen molar-refractivity contribution >= 4 is 22.6 Å². The lowest BCUT2D eigenvalue weighted by Crippen LogP contribution is -2.39. The molecule has 1 saturated carbocycles. The van der Waals surface area contributed by atoms with Crippen molar-refractivity contribution in [1.29, 1.82) is 0 Å². The highest BCUT2D eigenvalue weighted by molar-refractivity contribution is 5.87. The lowest BCUT2D eigenvalue weighted by Gasteiger charge is -2.19. The largest absolute Gasteiger partial charge is 0.357 e. The first-order chi connectivity index (χ1) is 13.2. The van der Waals surface area contributed by atoms with Crippen molar-refractivity contribution in [1.82, 2.24) is 16.0 Å². The second-order valence-corrected chi connectivity index (χ2v) is 7.14. The maximum absolute atomic E-state index is 11.8. The van der Waals surface area contributed by atoms with Crippen LogP contribution in [0.4, 0.5) is 0 Å². The summed E-state index contributed by atoms with van der Waals surface area (Å²) in [5.74, 6) is 0.940. The van der Waals surface area contributed by atoms with Gasteiger partial charge in [0.15, 0.2) is 5.96 Å². The number of nitrogens with zero attached hydrogens (tertiary/aromatic N) is 1. The fraction of sp³-hybridized carbons (Fsp3) is 0.455. The van der Waals surface area contributed by atoms with Crippen molar-refractivity contribution in [3.63, 3.8) is 0 Å². The number of aliphatic imine (C=N–C) groups is 1. The number of guanidine groups is 1. The minimum atomic E-state index is 0.132. The SMILES string of the molecule is CCNC(=NCCCC(=O)NC1CC1)NC(C)c1cccc2ccccc12. The van der Waals surface area contributed by atoms with Crippen molar-refractivity contribution in [2.45, 2.75) is 51.6 Å². The van der Waals surface area contributed by atoms with Crippen LogP contribution >= 0.6 is 0 Å². The minimum Gasteiger partial charge on any atom is -0.357 e. The highest BCUT2D eigenvalue weighted by Gasteiger charge is 2.22. The van der Waals surface area contributed by atoms with Crippen molar-refractivity contribution in [2.75, 3.05) is 13.1 Å². The minimum absolute atomic E-state index is 0.132. The van der Waals surface area contributed by atoms with Crippen LogP contribution in [0.2, 0.25) is 0 Å². The van der Waals surface area contributed by atoms with E-state index in [1.165, 1.54) is 16.3 Å². The predicted molar refractivity (Wildman–Crippen MR) is 112 cm³/mol. The van der Waals surface area contributed by atoms with Gasteiger partial charge in [0.05, 0.1) is 6.04 Å². The van der Waals surface area contributed by atoms with Gasteiger partial charge in [-0.3, -0.25) is 9.79 Å². The molecule has 2 aromatic rings. The van der Waals surface area contributed by atoms with Gasteiger partial charge in [0.1, 0.15) is 0 Å². The lowest BCUT2D eigenvalue weighted by atomic mass is 10.00. The van der Waals surface area contributed by atoms with Crippen molar-refractivity contribution in [2.24, 2.45) is 4.99 Å². The topological polar surface area (TPSA) is 65.5 Å².